The summed E-state index contributed by atoms with van der Waals surface area (Å²) in [7, 11) is 1.16. The number of ether oxygens (including phenoxy) is 1. The summed E-state index contributed by atoms with van der Waals surface area (Å²) in [4.78, 5) is 11.6. The van der Waals surface area contributed by atoms with Crippen LogP contribution in [-0.2, 0) is 17.5 Å². The molecule has 0 fully saturated rings. The lowest BCUT2D eigenvalue weighted by atomic mass is 10.1. The number of carbonyl (C=O) groups excluding carboxylic acids is 1. The molecule has 0 saturated heterocycles. The van der Waals surface area contributed by atoms with Crippen LogP contribution in [0.25, 0.3) is 10.9 Å². The summed E-state index contributed by atoms with van der Waals surface area (Å²) >= 11 is 3.16. The van der Waals surface area contributed by atoms with E-state index in [4.69, 9.17) is 0 Å². The molecule has 2 aromatic carbocycles. The van der Waals surface area contributed by atoms with Crippen molar-refractivity contribution in [3.05, 3.63) is 69.6 Å². The van der Waals surface area contributed by atoms with Gasteiger partial charge in [0.2, 0.25) is 0 Å². The first-order valence-corrected chi connectivity index (χ1v) is 8.23. The zero-order valence-electron chi connectivity index (χ0n) is 13.4. The van der Waals surface area contributed by atoms with Crippen LogP contribution in [0.1, 0.15) is 21.5 Å². The Bertz CT molecular complexity index is 995. The zero-order chi connectivity index (χ0) is 19.1. The Labute approximate surface area is 154 Å². The van der Waals surface area contributed by atoms with Crippen LogP contribution in [0, 0.1) is 5.82 Å². The first kappa shape index (κ1) is 18.4. The largest absolute Gasteiger partial charge is 0.465 e. The molecule has 0 saturated carbocycles. The Morgan fingerprint density at radius 2 is 1.96 bits per heavy atom. The monoisotopic (exact) mass is 429 g/mol. The Kier molecular flexibility index (Phi) is 4.79. The van der Waals surface area contributed by atoms with E-state index in [9.17, 15) is 22.4 Å². The number of benzene rings is 2. The van der Waals surface area contributed by atoms with Gasteiger partial charge in [0.25, 0.3) is 0 Å². The molecule has 0 bridgehead atoms. The number of carbonyl (C=O) groups is 1. The van der Waals surface area contributed by atoms with Gasteiger partial charge in [-0.25, -0.2) is 9.18 Å². The average molecular weight is 430 g/mol. The van der Waals surface area contributed by atoms with E-state index in [-0.39, 0.29) is 22.1 Å². The number of halogens is 5. The molecule has 0 radical (unpaired) electrons. The van der Waals surface area contributed by atoms with Crippen LogP contribution in [0.4, 0.5) is 17.6 Å². The topological polar surface area (TPSA) is 31.2 Å². The summed E-state index contributed by atoms with van der Waals surface area (Å²) in [5, 5.41) is 0.372. The lowest BCUT2D eigenvalue weighted by Gasteiger charge is -2.12. The van der Waals surface area contributed by atoms with E-state index in [2.05, 4.69) is 20.7 Å². The molecule has 0 amide bonds. The number of fused-ring (bicyclic) bond motifs is 1. The Balaban J connectivity index is 2.05. The molecule has 3 aromatic rings. The van der Waals surface area contributed by atoms with Crippen molar-refractivity contribution in [3.8, 4) is 0 Å². The van der Waals surface area contributed by atoms with E-state index in [1.807, 2.05) is 0 Å². The predicted octanol–water partition coefficient (Wildman–Crippen LogP) is 5.40. The fourth-order valence-electron chi connectivity index (χ4n) is 2.74. The molecule has 0 atom stereocenters. The Morgan fingerprint density at radius 1 is 1.23 bits per heavy atom. The molecule has 3 nitrogen and oxygen atoms in total. The second-order valence-electron chi connectivity index (χ2n) is 5.61. The van der Waals surface area contributed by atoms with Crippen molar-refractivity contribution in [3.63, 3.8) is 0 Å². The maximum absolute atomic E-state index is 14.5. The van der Waals surface area contributed by atoms with Crippen LogP contribution >= 0.6 is 15.9 Å². The Morgan fingerprint density at radius 3 is 2.62 bits per heavy atom. The third kappa shape index (κ3) is 3.33. The minimum absolute atomic E-state index is 0.0458. The summed E-state index contributed by atoms with van der Waals surface area (Å²) in [6.45, 7) is 0.0458. The fourth-order valence-corrected chi connectivity index (χ4v) is 3.45. The minimum atomic E-state index is -4.46. The molecule has 1 heterocycles. The maximum Gasteiger partial charge on any atom is 0.416 e. The van der Waals surface area contributed by atoms with E-state index in [0.29, 0.717) is 10.9 Å². The molecule has 0 unspecified atom stereocenters. The van der Waals surface area contributed by atoms with Gasteiger partial charge in [0.15, 0.2) is 0 Å². The lowest BCUT2D eigenvalue weighted by Crippen LogP contribution is -2.09. The molecule has 1 aromatic heterocycles. The van der Waals surface area contributed by atoms with Crippen LogP contribution in [0.2, 0.25) is 0 Å². The summed E-state index contributed by atoms with van der Waals surface area (Å²) < 4.78 is 59.8. The molecule has 136 valence electrons. The highest BCUT2D eigenvalue weighted by molar-refractivity contribution is 9.10. The summed E-state index contributed by atoms with van der Waals surface area (Å²) in [6, 6.07) is 7.89. The Hall–Kier alpha value is -2.35. The predicted molar refractivity (Wildman–Crippen MR) is 91.5 cm³/mol. The first-order valence-electron chi connectivity index (χ1n) is 7.43. The van der Waals surface area contributed by atoms with Crippen molar-refractivity contribution in [2.24, 2.45) is 0 Å². The van der Waals surface area contributed by atoms with Crippen molar-refractivity contribution in [2.75, 3.05) is 7.11 Å². The van der Waals surface area contributed by atoms with Gasteiger partial charge >= 0.3 is 12.1 Å². The maximum atomic E-state index is 14.5. The van der Waals surface area contributed by atoms with Crippen molar-refractivity contribution >= 4 is 32.8 Å². The van der Waals surface area contributed by atoms with Gasteiger partial charge in [-0.2, -0.15) is 13.2 Å². The second kappa shape index (κ2) is 6.75. The molecule has 0 aliphatic heterocycles. The molecule has 26 heavy (non-hydrogen) atoms. The van der Waals surface area contributed by atoms with Gasteiger partial charge in [0.1, 0.15) is 5.82 Å². The van der Waals surface area contributed by atoms with Crippen molar-refractivity contribution in [1.29, 1.82) is 0 Å². The number of rotatable bonds is 3. The molecular formula is C18H12BrF4NO2. The molecule has 0 N–H and O–H groups in total. The molecule has 0 aliphatic rings. The van der Waals surface area contributed by atoms with Gasteiger partial charge in [-0.05, 0) is 40.2 Å². The number of hydrogen-bond acceptors (Lipinski definition) is 2. The standard InChI is InChI=1S/C18H12BrF4NO2/c1-26-17(25)13-4-2-3-11(15(13)20)9-24-6-5-10-7-12(18(21,22)23)8-14(19)16(10)24/h2-8H,9H2,1H3. The third-order valence-electron chi connectivity index (χ3n) is 3.97. The van der Waals surface area contributed by atoms with E-state index in [1.165, 1.54) is 24.3 Å². The van der Waals surface area contributed by atoms with E-state index in [0.717, 1.165) is 19.2 Å². The van der Waals surface area contributed by atoms with Crippen LogP contribution in [0.15, 0.2) is 47.1 Å². The zero-order valence-corrected chi connectivity index (χ0v) is 15.0. The highest BCUT2D eigenvalue weighted by Crippen LogP contribution is 2.36. The van der Waals surface area contributed by atoms with E-state index < -0.39 is 23.5 Å². The van der Waals surface area contributed by atoms with Crippen LogP contribution in [0.3, 0.4) is 0 Å². The van der Waals surface area contributed by atoms with Gasteiger partial charge in [-0.15, -0.1) is 0 Å². The number of hydrogen-bond donors (Lipinski definition) is 0. The second-order valence-corrected chi connectivity index (χ2v) is 6.46. The smallest absolute Gasteiger partial charge is 0.416 e. The number of alkyl halides is 3. The molecular weight excluding hydrogens is 418 g/mol. The number of nitrogens with zero attached hydrogens (tertiary/aromatic N) is 1. The van der Waals surface area contributed by atoms with Crippen LogP contribution in [-0.4, -0.2) is 17.6 Å². The van der Waals surface area contributed by atoms with E-state index >= 15 is 0 Å². The van der Waals surface area contributed by atoms with Gasteiger partial charge < -0.3 is 9.30 Å². The van der Waals surface area contributed by atoms with E-state index in [1.54, 1.807) is 10.8 Å². The number of methoxy groups -OCH3 is 1. The number of esters is 1. The van der Waals surface area contributed by atoms with Crippen molar-refractivity contribution in [1.82, 2.24) is 4.57 Å². The first-order chi connectivity index (χ1) is 12.2. The van der Waals surface area contributed by atoms with Gasteiger partial charge in [0.05, 0.1) is 30.3 Å². The quantitative estimate of drug-likeness (QED) is 0.412. The van der Waals surface area contributed by atoms with Crippen LogP contribution < -0.4 is 0 Å². The normalized spacial score (nSPS) is 11.8. The van der Waals surface area contributed by atoms with Crippen LogP contribution in [0.5, 0.6) is 0 Å². The minimum Gasteiger partial charge on any atom is -0.465 e. The van der Waals surface area contributed by atoms with Crippen molar-refractivity contribution < 1.29 is 27.1 Å². The summed E-state index contributed by atoms with van der Waals surface area (Å²) in [5.74, 6) is -1.51. The van der Waals surface area contributed by atoms with Crippen molar-refractivity contribution in [2.45, 2.75) is 12.7 Å². The highest BCUT2D eigenvalue weighted by Gasteiger charge is 2.31. The third-order valence-corrected chi connectivity index (χ3v) is 4.57. The lowest BCUT2D eigenvalue weighted by molar-refractivity contribution is -0.137. The number of aromatic nitrogens is 1. The highest BCUT2D eigenvalue weighted by atomic mass is 79.9. The SMILES string of the molecule is COC(=O)c1cccc(Cn2ccc3cc(C(F)(F)F)cc(Br)c32)c1F. The summed E-state index contributed by atoms with van der Waals surface area (Å²) in [5.41, 5.74) is -0.244. The van der Waals surface area contributed by atoms with Gasteiger partial charge in [0, 0.05) is 21.6 Å². The molecule has 0 aliphatic carbocycles. The fraction of sp³-hybridized carbons (Fsp3) is 0.167. The van der Waals surface area contributed by atoms with Gasteiger partial charge in [-0.1, -0.05) is 12.1 Å². The molecule has 0 spiro atoms. The summed E-state index contributed by atoms with van der Waals surface area (Å²) in [6.07, 6.45) is -2.89. The average Bonchev–Trinajstić information content (AvgIpc) is 2.99. The molecule has 3 rings (SSSR count). The molecule has 8 heteroatoms. The van der Waals surface area contributed by atoms with Gasteiger partial charge in [-0.3, -0.25) is 0 Å².